The molecule has 0 aromatic heterocycles. The predicted octanol–water partition coefficient (Wildman–Crippen LogP) is 1.23. The first-order valence-electron chi connectivity index (χ1n) is 6.10. The van der Waals surface area contributed by atoms with Crippen molar-refractivity contribution >= 4 is 0 Å². The standard InChI is InChI=1S/C13H24O4/c1-6-9-11(17-7-2)10(8(3)14)13(16-5)12(9)15-4/h6,8-14H,1,7H2,2-5H3. The maximum atomic E-state index is 9.93. The van der Waals surface area contributed by atoms with Crippen LogP contribution in [0.1, 0.15) is 13.8 Å². The van der Waals surface area contributed by atoms with Crippen molar-refractivity contribution in [2.45, 2.75) is 38.3 Å². The van der Waals surface area contributed by atoms with Crippen molar-refractivity contribution in [3.8, 4) is 0 Å². The molecule has 0 saturated heterocycles. The highest BCUT2D eigenvalue weighted by molar-refractivity contribution is 5.07. The Morgan fingerprint density at radius 3 is 2.18 bits per heavy atom. The third-order valence-electron chi connectivity index (χ3n) is 3.57. The van der Waals surface area contributed by atoms with Gasteiger partial charge < -0.3 is 19.3 Å². The summed E-state index contributed by atoms with van der Waals surface area (Å²) < 4.78 is 16.7. The summed E-state index contributed by atoms with van der Waals surface area (Å²) in [6, 6.07) is 0. The van der Waals surface area contributed by atoms with E-state index in [1.54, 1.807) is 21.1 Å². The van der Waals surface area contributed by atoms with Crippen LogP contribution in [0.3, 0.4) is 0 Å². The van der Waals surface area contributed by atoms with E-state index in [-0.39, 0.29) is 30.1 Å². The van der Waals surface area contributed by atoms with Gasteiger partial charge in [-0.05, 0) is 13.8 Å². The molecule has 0 aliphatic heterocycles. The second-order valence-electron chi connectivity index (χ2n) is 4.45. The van der Waals surface area contributed by atoms with Crippen LogP contribution in [0.2, 0.25) is 0 Å². The Morgan fingerprint density at radius 1 is 1.24 bits per heavy atom. The van der Waals surface area contributed by atoms with Crippen LogP contribution < -0.4 is 0 Å². The van der Waals surface area contributed by atoms with Crippen molar-refractivity contribution in [1.29, 1.82) is 0 Å². The molecule has 0 radical (unpaired) electrons. The Balaban J connectivity index is 3.00. The molecule has 0 bridgehead atoms. The average Bonchev–Trinajstić information content (AvgIpc) is 2.62. The normalized spacial score (nSPS) is 39.2. The van der Waals surface area contributed by atoms with Crippen LogP contribution in [0.15, 0.2) is 12.7 Å². The minimum Gasteiger partial charge on any atom is -0.393 e. The molecule has 6 unspecified atom stereocenters. The highest BCUT2D eigenvalue weighted by atomic mass is 16.5. The van der Waals surface area contributed by atoms with Gasteiger partial charge in [0.2, 0.25) is 0 Å². The fraction of sp³-hybridized carbons (Fsp3) is 0.846. The van der Waals surface area contributed by atoms with Gasteiger partial charge in [-0.3, -0.25) is 0 Å². The zero-order chi connectivity index (χ0) is 13.0. The minimum atomic E-state index is -0.501. The molecule has 17 heavy (non-hydrogen) atoms. The van der Waals surface area contributed by atoms with Crippen molar-refractivity contribution in [3.63, 3.8) is 0 Å². The summed E-state index contributed by atoms with van der Waals surface area (Å²) in [4.78, 5) is 0. The molecule has 1 aliphatic carbocycles. The highest BCUT2D eigenvalue weighted by Gasteiger charge is 2.52. The van der Waals surface area contributed by atoms with Gasteiger partial charge in [-0.1, -0.05) is 6.08 Å². The maximum absolute atomic E-state index is 9.93. The summed E-state index contributed by atoms with van der Waals surface area (Å²) in [5.74, 6) is -0.0441. The van der Waals surface area contributed by atoms with Gasteiger partial charge in [-0.15, -0.1) is 6.58 Å². The van der Waals surface area contributed by atoms with E-state index in [2.05, 4.69) is 6.58 Å². The van der Waals surface area contributed by atoms with Gasteiger partial charge >= 0.3 is 0 Å². The molecule has 4 heteroatoms. The van der Waals surface area contributed by atoms with E-state index in [4.69, 9.17) is 14.2 Å². The van der Waals surface area contributed by atoms with Gasteiger partial charge in [0, 0.05) is 32.7 Å². The van der Waals surface area contributed by atoms with Crippen LogP contribution in [-0.2, 0) is 14.2 Å². The third-order valence-corrected chi connectivity index (χ3v) is 3.57. The smallest absolute Gasteiger partial charge is 0.0924 e. The van der Waals surface area contributed by atoms with Crippen molar-refractivity contribution in [3.05, 3.63) is 12.7 Å². The molecule has 1 saturated carbocycles. The Kier molecular flexibility index (Phi) is 5.59. The van der Waals surface area contributed by atoms with E-state index in [1.165, 1.54) is 0 Å². The summed E-state index contributed by atoms with van der Waals surface area (Å²) in [7, 11) is 3.29. The van der Waals surface area contributed by atoms with E-state index >= 15 is 0 Å². The number of aliphatic hydroxyl groups excluding tert-OH is 1. The lowest BCUT2D eigenvalue weighted by Gasteiger charge is -2.27. The number of hydrogen-bond acceptors (Lipinski definition) is 4. The number of ether oxygens (including phenoxy) is 3. The molecule has 1 rings (SSSR count). The molecular formula is C13H24O4. The fourth-order valence-corrected chi connectivity index (χ4v) is 2.88. The number of rotatable bonds is 6. The van der Waals surface area contributed by atoms with E-state index in [9.17, 15) is 5.11 Å². The largest absolute Gasteiger partial charge is 0.393 e. The van der Waals surface area contributed by atoms with Gasteiger partial charge in [0.25, 0.3) is 0 Å². The average molecular weight is 244 g/mol. The van der Waals surface area contributed by atoms with Crippen LogP contribution in [0, 0.1) is 11.8 Å². The first kappa shape index (κ1) is 14.6. The highest BCUT2D eigenvalue weighted by Crippen LogP contribution is 2.40. The molecule has 4 nitrogen and oxygen atoms in total. The van der Waals surface area contributed by atoms with Crippen LogP contribution in [-0.4, -0.2) is 50.3 Å². The molecule has 1 fully saturated rings. The van der Waals surface area contributed by atoms with Crippen molar-refractivity contribution in [2.24, 2.45) is 11.8 Å². The van der Waals surface area contributed by atoms with Gasteiger partial charge in [0.15, 0.2) is 0 Å². The van der Waals surface area contributed by atoms with Gasteiger partial charge in [-0.25, -0.2) is 0 Å². The topological polar surface area (TPSA) is 47.9 Å². The zero-order valence-corrected chi connectivity index (χ0v) is 11.1. The molecule has 0 aromatic carbocycles. The zero-order valence-electron chi connectivity index (χ0n) is 11.1. The Hall–Kier alpha value is -0.420. The molecule has 0 heterocycles. The second kappa shape index (κ2) is 6.50. The first-order valence-corrected chi connectivity index (χ1v) is 6.10. The summed E-state index contributed by atoms with van der Waals surface area (Å²) in [5, 5.41) is 9.93. The first-order chi connectivity index (χ1) is 8.12. The van der Waals surface area contributed by atoms with Crippen LogP contribution in [0.4, 0.5) is 0 Å². The lowest BCUT2D eigenvalue weighted by molar-refractivity contribution is -0.0757. The summed E-state index contributed by atoms with van der Waals surface area (Å²) >= 11 is 0. The summed E-state index contributed by atoms with van der Waals surface area (Å²) in [5.41, 5.74) is 0. The van der Waals surface area contributed by atoms with Crippen molar-refractivity contribution in [2.75, 3.05) is 20.8 Å². The lowest BCUT2D eigenvalue weighted by Crippen LogP contribution is -2.38. The number of methoxy groups -OCH3 is 2. The van der Waals surface area contributed by atoms with Gasteiger partial charge in [0.05, 0.1) is 24.4 Å². The third kappa shape index (κ3) is 2.71. The minimum absolute atomic E-state index is 0.0458. The van der Waals surface area contributed by atoms with Crippen LogP contribution >= 0.6 is 0 Å². The summed E-state index contributed by atoms with van der Waals surface area (Å²) in [6.07, 6.45) is 0.947. The monoisotopic (exact) mass is 244 g/mol. The Bertz CT molecular complexity index is 242. The molecule has 0 aromatic rings. The van der Waals surface area contributed by atoms with Crippen LogP contribution in [0.25, 0.3) is 0 Å². The predicted molar refractivity (Wildman–Crippen MR) is 65.9 cm³/mol. The van der Waals surface area contributed by atoms with E-state index in [0.29, 0.717) is 6.61 Å². The quantitative estimate of drug-likeness (QED) is 0.714. The summed E-state index contributed by atoms with van der Waals surface area (Å²) in [6.45, 7) is 8.15. The number of hydrogen-bond donors (Lipinski definition) is 1. The molecular weight excluding hydrogens is 220 g/mol. The molecule has 0 amide bonds. The van der Waals surface area contributed by atoms with Crippen LogP contribution in [0.5, 0.6) is 0 Å². The SMILES string of the molecule is C=CC1C(OC)C(OC)C(C(C)O)C1OCC. The Labute approximate surface area is 104 Å². The molecule has 6 atom stereocenters. The Morgan fingerprint density at radius 2 is 1.82 bits per heavy atom. The molecule has 100 valence electrons. The molecule has 1 aliphatic rings. The van der Waals surface area contributed by atoms with E-state index in [0.717, 1.165) is 0 Å². The van der Waals surface area contributed by atoms with Crippen molar-refractivity contribution in [1.82, 2.24) is 0 Å². The molecule has 0 spiro atoms. The number of aliphatic hydroxyl groups is 1. The van der Waals surface area contributed by atoms with E-state index in [1.807, 2.05) is 13.0 Å². The second-order valence-corrected chi connectivity index (χ2v) is 4.45. The van der Waals surface area contributed by atoms with Gasteiger partial charge in [0.1, 0.15) is 0 Å². The molecule has 1 N–H and O–H groups in total. The van der Waals surface area contributed by atoms with Crippen molar-refractivity contribution < 1.29 is 19.3 Å². The maximum Gasteiger partial charge on any atom is 0.0924 e. The van der Waals surface area contributed by atoms with Gasteiger partial charge in [-0.2, -0.15) is 0 Å². The lowest BCUT2D eigenvalue weighted by atomic mass is 9.95. The fourth-order valence-electron chi connectivity index (χ4n) is 2.88. The van der Waals surface area contributed by atoms with E-state index < -0.39 is 6.10 Å².